The highest BCUT2D eigenvalue weighted by Crippen LogP contribution is 2.29. The van der Waals surface area contributed by atoms with Gasteiger partial charge in [-0.3, -0.25) is 4.90 Å². The van der Waals surface area contributed by atoms with Gasteiger partial charge >= 0.3 is 0 Å². The van der Waals surface area contributed by atoms with Gasteiger partial charge in [-0.15, -0.1) is 0 Å². The van der Waals surface area contributed by atoms with Crippen molar-refractivity contribution in [2.24, 2.45) is 0 Å². The van der Waals surface area contributed by atoms with E-state index in [4.69, 9.17) is 4.74 Å². The van der Waals surface area contributed by atoms with E-state index in [1.165, 1.54) is 0 Å². The molecule has 1 N–H and O–H groups in total. The Bertz CT molecular complexity index is 639. The molecule has 0 aromatic heterocycles. The van der Waals surface area contributed by atoms with Crippen LogP contribution in [0.15, 0.2) is 54.6 Å². The minimum atomic E-state index is -0.455. The number of ether oxygens (including phenoxy) is 1. The highest BCUT2D eigenvalue weighted by Gasteiger charge is 2.27. The van der Waals surface area contributed by atoms with Crippen LogP contribution in [0, 0.1) is 0 Å². The topological polar surface area (TPSA) is 35.9 Å². The lowest BCUT2D eigenvalue weighted by Crippen LogP contribution is -2.51. The number of hydrogen-bond acceptors (Lipinski definition) is 4. The minimum absolute atomic E-state index is 0.104. The van der Waals surface area contributed by atoms with Crippen LogP contribution in [0.25, 0.3) is 0 Å². The summed E-state index contributed by atoms with van der Waals surface area (Å²) in [6.07, 6.45) is -0.455. The summed E-state index contributed by atoms with van der Waals surface area (Å²) in [7, 11) is 1.72. The van der Waals surface area contributed by atoms with Crippen LogP contribution < -0.4 is 9.64 Å². The van der Waals surface area contributed by atoms with Gasteiger partial charge in [-0.2, -0.15) is 0 Å². The predicted molar refractivity (Wildman–Crippen MR) is 97.6 cm³/mol. The number of para-hydroxylation sites is 2. The molecule has 0 unspecified atom stereocenters. The summed E-state index contributed by atoms with van der Waals surface area (Å²) in [6, 6.07) is 18.2. The largest absolute Gasteiger partial charge is 0.495 e. The van der Waals surface area contributed by atoms with E-state index in [0.717, 1.165) is 43.2 Å². The van der Waals surface area contributed by atoms with Crippen molar-refractivity contribution < 1.29 is 9.84 Å². The Hall–Kier alpha value is -2.04. The molecule has 0 radical (unpaired) electrons. The second-order valence-corrected chi connectivity index (χ2v) is 6.29. The lowest BCUT2D eigenvalue weighted by atomic mass is 10.0. The molecule has 1 saturated heterocycles. The number of anilines is 1. The number of methoxy groups -OCH3 is 1. The van der Waals surface area contributed by atoms with E-state index in [1.54, 1.807) is 7.11 Å². The Labute approximate surface area is 144 Å². The van der Waals surface area contributed by atoms with E-state index in [-0.39, 0.29) is 6.04 Å². The van der Waals surface area contributed by atoms with Crippen molar-refractivity contribution >= 4 is 5.69 Å². The summed E-state index contributed by atoms with van der Waals surface area (Å²) in [5, 5.41) is 10.6. The number of nitrogens with zero attached hydrogens (tertiary/aromatic N) is 2. The van der Waals surface area contributed by atoms with E-state index in [9.17, 15) is 5.11 Å². The third-order valence-electron chi connectivity index (χ3n) is 4.91. The average molecular weight is 326 g/mol. The summed E-state index contributed by atoms with van der Waals surface area (Å²) in [6.45, 7) is 5.85. The quantitative estimate of drug-likeness (QED) is 0.916. The van der Waals surface area contributed by atoms with Gasteiger partial charge in [0.25, 0.3) is 0 Å². The SMILES string of the molecule is COc1ccccc1N1CCN([C@@H](C)[C@H](O)c2ccccc2)CC1. The number of benzene rings is 2. The zero-order valence-electron chi connectivity index (χ0n) is 14.4. The first kappa shape index (κ1) is 16.8. The van der Waals surface area contributed by atoms with Gasteiger partial charge in [-0.1, -0.05) is 42.5 Å². The minimum Gasteiger partial charge on any atom is -0.495 e. The predicted octanol–water partition coefficient (Wildman–Crippen LogP) is 2.94. The number of piperazine rings is 1. The van der Waals surface area contributed by atoms with Crippen molar-refractivity contribution in [2.75, 3.05) is 38.2 Å². The molecule has 0 saturated carbocycles. The molecule has 4 heteroatoms. The van der Waals surface area contributed by atoms with E-state index in [1.807, 2.05) is 48.5 Å². The van der Waals surface area contributed by atoms with Crippen molar-refractivity contribution in [1.29, 1.82) is 0 Å². The average Bonchev–Trinajstić information content (AvgIpc) is 2.67. The molecule has 1 heterocycles. The second kappa shape index (κ2) is 7.69. The van der Waals surface area contributed by atoms with Gasteiger partial charge in [0.2, 0.25) is 0 Å². The van der Waals surface area contributed by atoms with Gasteiger partial charge in [0.1, 0.15) is 5.75 Å². The normalized spacial score (nSPS) is 18.2. The lowest BCUT2D eigenvalue weighted by Gasteiger charge is -2.40. The van der Waals surface area contributed by atoms with Gasteiger partial charge in [0, 0.05) is 32.2 Å². The van der Waals surface area contributed by atoms with Gasteiger partial charge in [0.15, 0.2) is 0 Å². The molecule has 3 rings (SSSR count). The third-order valence-corrected chi connectivity index (χ3v) is 4.91. The molecule has 1 fully saturated rings. The number of aliphatic hydroxyl groups excluding tert-OH is 1. The molecule has 1 aliphatic heterocycles. The molecular weight excluding hydrogens is 300 g/mol. The monoisotopic (exact) mass is 326 g/mol. The van der Waals surface area contributed by atoms with Crippen LogP contribution >= 0.6 is 0 Å². The van der Waals surface area contributed by atoms with E-state index < -0.39 is 6.10 Å². The Morgan fingerprint density at radius 2 is 1.54 bits per heavy atom. The van der Waals surface area contributed by atoms with Crippen molar-refractivity contribution in [3.63, 3.8) is 0 Å². The van der Waals surface area contributed by atoms with Crippen LogP contribution in [-0.4, -0.2) is 49.3 Å². The van der Waals surface area contributed by atoms with Crippen LogP contribution in [0.1, 0.15) is 18.6 Å². The Balaban J connectivity index is 1.62. The number of aliphatic hydroxyl groups is 1. The Morgan fingerprint density at radius 1 is 0.917 bits per heavy atom. The van der Waals surface area contributed by atoms with E-state index in [0.29, 0.717) is 0 Å². The summed E-state index contributed by atoms with van der Waals surface area (Å²) in [5.74, 6) is 0.920. The van der Waals surface area contributed by atoms with Crippen molar-refractivity contribution in [1.82, 2.24) is 4.90 Å². The highest BCUT2D eigenvalue weighted by atomic mass is 16.5. The first-order valence-electron chi connectivity index (χ1n) is 8.55. The standard InChI is InChI=1S/C20H26N2O2/c1-16(20(23)17-8-4-3-5-9-17)21-12-14-22(15-13-21)18-10-6-7-11-19(18)24-2/h3-11,16,20,23H,12-15H2,1-2H3/t16-,20-/m0/s1. The lowest BCUT2D eigenvalue weighted by molar-refractivity contribution is 0.0545. The number of rotatable bonds is 5. The Morgan fingerprint density at radius 3 is 2.21 bits per heavy atom. The maximum atomic E-state index is 10.6. The summed E-state index contributed by atoms with van der Waals surface area (Å²) >= 11 is 0. The van der Waals surface area contributed by atoms with Crippen LogP contribution in [0.4, 0.5) is 5.69 Å². The van der Waals surface area contributed by atoms with Gasteiger partial charge in [-0.25, -0.2) is 0 Å². The molecule has 4 nitrogen and oxygen atoms in total. The molecule has 0 amide bonds. The molecule has 2 aromatic carbocycles. The fraction of sp³-hybridized carbons (Fsp3) is 0.400. The first-order chi connectivity index (χ1) is 11.7. The van der Waals surface area contributed by atoms with Crippen molar-refractivity contribution in [2.45, 2.75) is 19.1 Å². The Kier molecular flexibility index (Phi) is 5.38. The zero-order valence-corrected chi connectivity index (χ0v) is 14.4. The molecule has 2 atom stereocenters. The van der Waals surface area contributed by atoms with E-state index in [2.05, 4.69) is 22.8 Å². The summed E-state index contributed by atoms with van der Waals surface area (Å²) in [4.78, 5) is 4.72. The molecule has 0 bridgehead atoms. The molecule has 0 aliphatic carbocycles. The smallest absolute Gasteiger partial charge is 0.142 e. The van der Waals surface area contributed by atoms with Gasteiger partial charge in [0.05, 0.1) is 18.9 Å². The molecule has 24 heavy (non-hydrogen) atoms. The molecule has 2 aromatic rings. The van der Waals surface area contributed by atoms with Crippen molar-refractivity contribution in [3.8, 4) is 5.75 Å². The van der Waals surface area contributed by atoms with Gasteiger partial charge < -0.3 is 14.7 Å². The fourth-order valence-corrected chi connectivity index (χ4v) is 3.39. The zero-order chi connectivity index (χ0) is 16.9. The van der Waals surface area contributed by atoms with Crippen molar-refractivity contribution in [3.05, 3.63) is 60.2 Å². The van der Waals surface area contributed by atoms with Crippen LogP contribution in [-0.2, 0) is 0 Å². The molecule has 0 spiro atoms. The van der Waals surface area contributed by atoms with E-state index >= 15 is 0 Å². The fourth-order valence-electron chi connectivity index (χ4n) is 3.39. The third kappa shape index (κ3) is 3.55. The van der Waals surface area contributed by atoms with Gasteiger partial charge in [-0.05, 0) is 24.6 Å². The van der Waals surface area contributed by atoms with Crippen LogP contribution in [0.3, 0.4) is 0 Å². The molecule has 1 aliphatic rings. The highest BCUT2D eigenvalue weighted by molar-refractivity contribution is 5.58. The van der Waals surface area contributed by atoms with Crippen LogP contribution in [0.2, 0.25) is 0 Å². The first-order valence-corrected chi connectivity index (χ1v) is 8.55. The summed E-state index contributed by atoms with van der Waals surface area (Å²) < 4.78 is 5.47. The number of hydrogen-bond donors (Lipinski definition) is 1. The second-order valence-electron chi connectivity index (χ2n) is 6.29. The maximum Gasteiger partial charge on any atom is 0.142 e. The summed E-state index contributed by atoms with van der Waals surface area (Å²) in [5.41, 5.74) is 2.13. The molecule has 128 valence electrons. The maximum absolute atomic E-state index is 10.6. The van der Waals surface area contributed by atoms with Crippen LogP contribution in [0.5, 0.6) is 5.75 Å². The molecular formula is C20H26N2O2.